The highest BCUT2D eigenvalue weighted by atomic mass is 35.5. The van der Waals surface area contributed by atoms with Crippen LogP contribution in [0.15, 0.2) is 36.5 Å². The summed E-state index contributed by atoms with van der Waals surface area (Å²) in [6.45, 7) is 1.98. The summed E-state index contributed by atoms with van der Waals surface area (Å²) in [6.07, 6.45) is 1.78. The highest BCUT2D eigenvalue weighted by molar-refractivity contribution is 6.30. The third-order valence-corrected chi connectivity index (χ3v) is 2.30. The van der Waals surface area contributed by atoms with Crippen LogP contribution in [0.25, 0.3) is 11.1 Å². The number of nitrogens with zero attached hydrogens (tertiary/aromatic N) is 1. The highest BCUT2D eigenvalue weighted by Gasteiger charge is 2.01. The monoisotopic (exact) mass is 202 g/mol. The molecule has 0 fully saturated rings. The maximum atomic E-state index is 5.91. The fourth-order valence-electron chi connectivity index (χ4n) is 1.36. The summed E-state index contributed by atoms with van der Waals surface area (Å²) >= 11 is 5.91. The molecule has 2 aromatic rings. The van der Waals surface area contributed by atoms with Gasteiger partial charge in [0.1, 0.15) is 0 Å². The molecule has 0 N–H and O–H groups in total. The average Bonchev–Trinajstić information content (AvgIpc) is 2.18. The van der Waals surface area contributed by atoms with E-state index in [0.29, 0.717) is 0 Å². The first-order chi connectivity index (χ1) is 6.77. The van der Waals surface area contributed by atoms with E-state index in [4.69, 9.17) is 11.6 Å². The van der Waals surface area contributed by atoms with Gasteiger partial charge in [-0.05, 0) is 36.8 Å². The van der Waals surface area contributed by atoms with Gasteiger partial charge in [0.2, 0.25) is 0 Å². The maximum absolute atomic E-state index is 5.91. The topological polar surface area (TPSA) is 12.9 Å². The van der Waals surface area contributed by atoms with Crippen molar-refractivity contribution in [2.24, 2.45) is 0 Å². The summed E-state index contributed by atoms with van der Waals surface area (Å²) in [5, 5.41) is 0.724. The Labute approximate surface area is 88.4 Å². The van der Waals surface area contributed by atoms with Crippen molar-refractivity contribution in [3.63, 3.8) is 0 Å². The van der Waals surface area contributed by atoms with Crippen molar-refractivity contribution in [2.45, 2.75) is 6.92 Å². The molecular weight excluding hydrogens is 194 g/mol. The molecule has 1 radical (unpaired) electrons. The molecule has 1 heterocycles. The van der Waals surface area contributed by atoms with Crippen molar-refractivity contribution in [3.05, 3.63) is 53.3 Å². The Kier molecular flexibility index (Phi) is 2.51. The minimum Gasteiger partial charge on any atom is -0.261 e. The summed E-state index contributed by atoms with van der Waals surface area (Å²) in [5.41, 5.74) is 3.06. The van der Waals surface area contributed by atoms with Crippen LogP contribution in [0.3, 0.4) is 0 Å². The van der Waals surface area contributed by atoms with Crippen LogP contribution >= 0.6 is 11.6 Å². The number of halogens is 1. The van der Waals surface area contributed by atoms with Gasteiger partial charge in [0.15, 0.2) is 0 Å². The first kappa shape index (κ1) is 9.22. The van der Waals surface area contributed by atoms with Crippen molar-refractivity contribution in [3.8, 4) is 11.1 Å². The van der Waals surface area contributed by atoms with E-state index in [0.717, 1.165) is 21.8 Å². The van der Waals surface area contributed by atoms with Crippen molar-refractivity contribution in [2.75, 3.05) is 0 Å². The van der Waals surface area contributed by atoms with Crippen LogP contribution in [-0.4, -0.2) is 4.98 Å². The van der Waals surface area contributed by atoms with E-state index in [9.17, 15) is 0 Å². The van der Waals surface area contributed by atoms with E-state index < -0.39 is 0 Å². The zero-order valence-corrected chi connectivity index (χ0v) is 8.55. The summed E-state index contributed by atoms with van der Waals surface area (Å²) in [5.74, 6) is 0. The van der Waals surface area contributed by atoms with Crippen LogP contribution in [-0.2, 0) is 0 Å². The first-order valence-electron chi connectivity index (χ1n) is 4.36. The number of aryl methyl sites for hydroxylation is 1. The number of benzene rings is 1. The summed E-state index contributed by atoms with van der Waals surface area (Å²) < 4.78 is 0. The minimum atomic E-state index is 0.724. The molecule has 0 bridgehead atoms. The van der Waals surface area contributed by atoms with Crippen molar-refractivity contribution in [1.82, 2.24) is 4.98 Å². The number of rotatable bonds is 1. The molecule has 0 amide bonds. The molecule has 0 aliphatic carbocycles. The molecule has 1 nitrogen and oxygen atoms in total. The molecule has 0 saturated carbocycles. The quantitative estimate of drug-likeness (QED) is 0.690. The van der Waals surface area contributed by atoms with Crippen molar-refractivity contribution >= 4 is 11.6 Å². The van der Waals surface area contributed by atoms with Gasteiger partial charge in [-0.15, -0.1) is 0 Å². The number of pyridine rings is 1. The summed E-state index contributed by atoms with van der Waals surface area (Å²) in [6, 6.07) is 12.6. The van der Waals surface area contributed by atoms with Crippen LogP contribution in [0.5, 0.6) is 0 Å². The number of hydrogen-bond acceptors (Lipinski definition) is 1. The Hall–Kier alpha value is -1.34. The normalized spacial score (nSPS) is 10.1. The lowest BCUT2D eigenvalue weighted by Crippen LogP contribution is -1.86. The summed E-state index contributed by atoms with van der Waals surface area (Å²) in [4.78, 5) is 4.22. The van der Waals surface area contributed by atoms with Gasteiger partial charge in [-0.1, -0.05) is 23.7 Å². The van der Waals surface area contributed by atoms with Crippen LogP contribution in [0, 0.1) is 13.0 Å². The molecule has 14 heavy (non-hydrogen) atoms. The van der Waals surface area contributed by atoms with E-state index in [-0.39, 0.29) is 0 Å². The predicted octanol–water partition coefficient (Wildman–Crippen LogP) is 3.51. The number of hydrogen-bond donors (Lipinski definition) is 0. The fraction of sp³-hybridized carbons (Fsp3) is 0.0833. The lowest BCUT2D eigenvalue weighted by Gasteiger charge is -2.03. The Bertz CT molecular complexity index is 452. The van der Waals surface area contributed by atoms with Gasteiger partial charge in [0, 0.05) is 22.5 Å². The highest BCUT2D eigenvalue weighted by Crippen LogP contribution is 2.23. The Morgan fingerprint density at radius 1 is 1.36 bits per heavy atom. The SMILES string of the molecule is Cc1ncccc1-c1[c]ccc(Cl)c1. The molecule has 1 aromatic carbocycles. The molecule has 1 aromatic heterocycles. The smallest absolute Gasteiger partial charge is 0.0451 e. The third kappa shape index (κ3) is 1.78. The van der Waals surface area contributed by atoms with E-state index in [1.165, 1.54) is 0 Å². The second-order valence-electron chi connectivity index (χ2n) is 3.06. The van der Waals surface area contributed by atoms with Gasteiger partial charge >= 0.3 is 0 Å². The van der Waals surface area contributed by atoms with Gasteiger partial charge < -0.3 is 0 Å². The van der Waals surface area contributed by atoms with Gasteiger partial charge in [-0.3, -0.25) is 4.98 Å². The van der Waals surface area contributed by atoms with Crippen molar-refractivity contribution < 1.29 is 0 Å². The first-order valence-corrected chi connectivity index (χ1v) is 4.74. The molecule has 69 valence electrons. The summed E-state index contributed by atoms with van der Waals surface area (Å²) in [7, 11) is 0. The molecule has 0 aliphatic rings. The standard InChI is InChI=1S/C12H9ClN/c1-9-12(6-3-7-14-9)10-4-2-5-11(13)8-10/h2-3,5-8H,1H3. The second-order valence-corrected chi connectivity index (χ2v) is 3.49. The fourth-order valence-corrected chi connectivity index (χ4v) is 1.54. The molecule has 0 aliphatic heterocycles. The zero-order chi connectivity index (χ0) is 9.97. The zero-order valence-electron chi connectivity index (χ0n) is 7.79. The lowest BCUT2D eigenvalue weighted by atomic mass is 10.1. The largest absolute Gasteiger partial charge is 0.261 e. The van der Waals surface area contributed by atoms with Crippen LogP contribution in [0.1, 0.15) is 5.69 Å². The van der Waals surface area contributed by atoms with Crippen LogP contribution in [0.4, 0.5) is 0 Å². The third-order valence-electron chi connectivity index (χ3n) is 2.06. The minimum absolute atomic E-state index is 0.724. The van der Waals surface area contributed by atoms with Gasteiger partial charge in [-0.25, -0.2) is 0 Å². The molecular formula is C12H9ClN. The second kappa shape index (κ2) is 3.81. The molecule has 0 spiro atoms. The van der Waals surface area contributed by atoms with E-state index in [2.05, 4.69) is 11.1 Å². The average molecular weight is 203 g/mol. The van der Waals surface area contributed by atoms with E-state index >= 15 is 0 Å². The van der Waals surface area contributed by atoms with Gasteiger partial charge in [0.25, 0.3) is 0 Å². The molecule has 2 rings (SSSR count). The molecule has 0 atom stereocenters. The number of aromatic nitrogens is 1. The van der Waals surface area contributed by atoms with Crippen LogP contribution < -0.4 is 0 Å². The van der Waals surface area contributed by atoms with E-state index in [1.54, 1.807) is 6.20 Å². The molecule has 0 saturated heterocycles. The lowest BCUT2D eigenvalue weighted by molar-refractivity contribution is 1.20. The van der Waals surface area contributed by atoms with Crippen LogP contribution in [0.2, 0.25) is 5.02 Å². The van der Waals surface area contributed by atoms with Gasteiger partial charge in [0.05, 0.1) is 0 Å². The Balaban J connectivity index is 2.55. The predicted molar refractivity (Wildman–Crippen MR) is 58.3 cm³/mol. The van der Waals surface area contributed by atoms with Crippen molar-refractivity contribution in [1.29, 1.82) is 0 Å². The maximum Gasteiger partial charge on any atom is 0.0451 e. The molecule has 0 unspecified atom stereocenters. The molecule has 2 heteroatoms. The van der Waals surface area contributed by atoms with Gasteiger partial charge in [-0.2, -0.15) is 0 Å². The van der Waals surface area contributed by atoms with E-state index in [1.807, 2.05) is 37.3 Å². The Morgan fingerprint density at radius 2 is 2.21 bits per heavy atom. The Morgan fingerprint density at radius 3 is 2.93 bits per heavy atom.